The zero-order valence-electron chi connectivity index (χ0n) is 12.9. The van der Waals surface area contributed by atoms with Crippen molar-refractivity contribution in [3.8, 4) is 0 Å². The SMILES string of the molecule is CCNC(C)CCCN(C)CC1CCN(C)CC1. The van der Waals surface area contributed by atoms with Gasteiger partial charge in [0.15, 0.2) is 0 Å². The molecule has 3 nitrogen and oxygen atoms in total. The van der Waals surface area contributed by atoms with Gasteiger partial charge < -0.3 is 15.1 Å². The Morgan fingerprint density at radius 1 is 1.33 bits per heavy atom. The zero-order valence-corrected chi connectivity index (χ0v) is 12.9. The Morgan fingerprint density at radius 3 is 2.61 bits per heavy atom. The topological polar surface area (TPSA) is 18.5 Å². The van der Waals surface area contributed by atoms with Crippen LogP contribution < -0.4 is 5.32 Å². The highest BCUT2D eigenvalue weighted by Gasteiger charge is 2.17. The average Bonchev–Trinajstić information content (AvgIpc) is 2.32. The summed E-state index contributed by atoms with van der Waals surface area (Å²) in [5.41, 5.74) is 0. The molecular formula is C15H33N3. The maximum absolute atomic E-state index is 3.48. The quantitative estimate of drug-likeness (QED) is 0.716. The van der Waals surface area contributed by atoms with Crippen molar-refractivity contribution in [1.29, 1.82) is 0 Å². The molecule has 0 aromatic rings. The normalized spacial score (nSPS) is 20.5. The van der Waals surface area contributed by atoms with Gasteiger partial charge in [-0.1, -0.05) is 6.92 Å². The van der Waals surface area contributed by atoms with E-state index in [1.165, 1.54) is 51.9 Å². The molecule has 1 unspecified atom stereocenters. The standard InChI is InChI=1S/C15H33N3/c1-5-16-14(2)7-6-10-18(4)13-15-8-11-17(3)12-9-15/h14-16H,5-13H2,1-4H3. The van der Waals surface area contributed by atoms with Crippen LogP contribution in [0.25, 0.3) is 0 Å². The lowest BCUT2D eigenvalue weighted by atomic mass is 9.96. The van der Waals surface area contributed by atoms with E-state index in [9.17, 15) is 0 Å². The first-order chi connectivity index (χ1) is 8.61. The van der Waals surface area contributed by atoms with Crippen molar-refractivity contribution >= 4 is 0 Å². The van der Waals surface area contributed by atoms with Gasteiger partial charge in [-0.05, 0) is 78.8 Å². The van der Waals surface area contributed by atoms with Gasteiger partial charge in [0.25, 0.3) is 0 Å². The molecule has 1 saturated heterocycles. The monoisotopic (exact) mass is 255 g/mol. The third-order valence-electron chi connectivity index (χ3n) is 4.14. The predicted octanol–water partition coefficient (Wildman–Crippen LogP) is 2.04. The summed E-state index contributed by atoms with van der Waals surface area (Å²) in [7, 11) is 4.53. The van der Waals surface area contributed by atoms with Gasteiger partial charge >= 0.3 is 0 Å². The summed E-state index contributed by atoms with van der Waals surface area (Å²) in [5.74, 6) is 0.928. The van der Waals surface area contributed by atoms with E-state index in [0.717, 1.165) is 12.5 Å². The predicted molar refractivity (Wildman–Crippen MR) is 80.1 cm³/mol. The molecule has 18 heavy (non-hydrogen) atoms. The molecule has 3 heteroatoms. The Hall–Kier alpha value is -0.120. The molecule has 0 saturated carbocycles. The Labute approximate surface area is 114 Å². The largest absolute Gasteiger partial charge is 0.315 e. The first kappa shape index (κ1) is 15.9. The van der Waals surface area contributed by atoms with Gasteiger partial charge in [0.05, 0.1) is 0 Å². The van der Waals surface area contributed by atoms with Crippen LogP contribution >= 0.6 is 0 Å². The van der Waals surface area contributed by atoms with Gasteiger partial charge in [0.1, 0.15) is 0 Å². The van der Waals surface area contributed by atoms with Crippen LogP contribution in [0, 0.1) is 5.92 Å². The third kappa shape index (κ3) is 6.72. The van der Waals surface area contributed by atoms with Crippen LogP contribution in [-0.2, 0) is 0 Å². The van der Waals surface area contributed by atoms with E-state index >= 15 is 0 Å². The van der Waals surface area contributed by atoms with Crippen LogP contribution in [0.5, 0.6) is 0 Å². The van der Waals surface area contributed by atoms with Crippen LogP contribution in [-0.4, -0.2) is 62.7 Å². The number of rotatable bonds is 8. The zero-order chi connectivity index (χ0) is 13.4. The highest BCUT2D eigenvalue weighted by Crippen LogP contribution is 2.16. The average molecular weight is 255 g/mol. The molecule has 0 radical (unpaired) electrons. The Morgan fingerprint density at radius 2 is 2.00 bits per heavy atom. The smallest absolute Gasteiger partial charge is 0.00390 e. The van der Waals surface area contributed by atoms with Gasteiger partial charge in [0, 0.05) is 12.6 Å². The summed E-state index contributed by atoms with van der Waals surface area (Å²) < 4.78 is 0. The van der Waals surface area contributed by atoms with Crippen molar-refractivity contribution in [2.75, 3.05) is 46.8 Å². The van der Waals surface area contributed by atoms with E-state index in [4.69, 9.17) is 0 Å². The molecule has 1 aliphatic heterocycles. The molecule has 0 spiro atoms. The number of hydrogen-bond acceptors (Lipinski definition) is 3. The van der Waals surface area contributed by atoms with Gasteiger partial charge in [-0.3, -0.25) is 0 Å². The lowest BCUT2D eigenvalue weighted by molar-refractivity contribution is 0.174. The highest BCUT2D eigenvalue weighted by atomic mass is 15.1. The summed E-state index contributed by atoms with van der Waals surface area (Å²) in [6.07, 6.45) is 5.38. The second-order valence-corrected chi connectivity index (χ2v) is 6.11. The van der Waals surface area contributed by atoms with E-state index in [1.54, 1.807) is 0 Å². The number of nitrogens with one attached hydrogen (secondary N) is 1. The van der Waals surface area contributed by atoms with Gasteiger partial charge in [-0.2, -0.15) is 0 Å². The van der Waals surface area contributed by atoms with Crippen molar-refractivity contribution in [3.63, 3.8) is 0 Å². The molecule has 1 N–H and O–H groups in total. The van der Waals surface area contributed by atoms with Gasteiger partial charge in [0.2, 0.25) is 0 Å². The Bertz CT molecular complexity index is 200. The van der Waals surface area contributed by atoms with Crippen LogP contribution in [0.1, 0.15) is 39.5 Å². The molecule has 108 valence electrons. The first-order valence-corrected chi connectivity index (χ1v) is 7.72. The summed E-state index contributed by atoms with van der Waals surface area (Å²) in [6.45, 7) is 10.7. The minimum Gasteiger partial charge on any atom is -0.315 e. The summed E-state index contributed by atoms with van der Waals surface area (Å²) in [5, 5.41) is 3.48. The van der Waals surface area contributed by atoms with Crippen molar-refractivity contribution in [2.45, 2.75) is 45.6 Å². The fourth-order valence-electron chi connectivity index (χ4n) is 2.89. The van der Waals surface area contributed by atoms with Crippen LogP contribution in [0.2, 0.25) is 0 Å². The highest BCUT2D eigenvalue weighted by molar-refractivity contribution is 4.72. The van der Waals surface area contributed by atoms with E-state index in [2.05, 4.69) is 43.1 Å². The number of hydrogen-bond donors (Lipinski definition) is 1. The minimum atomic E-state index is 0.673. The lowest BCUT2D eigenvalue weighted by Gasteiger charge is -2.31. The van der Waals surface area contributed by atoms with E-state index < -0.39 is 0 Å². The molecule has 0 bridgehead atoms. The Kier molecular flexibility index (Phi) is 7.87. The Balaban J connectivity index is 2.04. The van der Waals surface area contributed by atoms with Crippen molar-refractivity contribution in [1.82, 2.24) is 15.1 Å². The lowest BCUT2D eigenvalue weighted by Crippen LogP contribution is -2.36. The van der Waals surface area contributed by atoms with Crippen molar-refractivity contribution < 1.29 is 0 Å². The van der Waals surface area contributed by atoms with E-state index in [-0.39, 0.29) is 0 Å². The molecule has 0 aromatic heterocycles. The molecular weight excluding hydrogens is 222 g/mol. The molecule has 1 fully saturated rings. The maximum Gasteiger partial charge on any atom is 0.00390 e. The van der Waals surface area contributed by atoms with Gasteiger partial charge in [-0.15, -0.1) is 0 Å². The molecule has 1 rings (SSSR count). The summed E-state index contributed by atoms with van der Waals surface area (Å²) in [6, 6.07) is 0.673. The molecule has 1 heterocycles. The third-order valence-corrected chi connectivity index (χ3v) is 4.14. The van der Waals surface area contributed by atoms with E-state index in [0.29, 0.717) is 6.04 Å². The second-order valence-electron chi connectivity index (χ2n) is 6.11. The van der Waals surface area contributed by atoms with Crippen molar-refractivity contribution in [2.24, 2.45) is 5.92 Å². The summed E-state index contributed by atoms with van der Waals surface area (Å²) in [4.78, 5) is 4.99. The van der Waals surface area contributed by atoms with Crippen molar-refractivity contribution in [3.05, 3.63) is 0 Å². The van der Waals surface area contributed by atoms with E-state index in [1.807, 2.05) is 0 Å². The fraction of sp³-hybridized carbons (Fsp3) is 1.00. The first-order valence-electron chi connectivity index (χ1n) is 7.72. The second kappa shape index (κ2) is 8.89. The van der Waals surface area contributed by atoms with Crippen LogP contribution in [0.4, 0.5) is 0 Å². The number of likely N-dealkylation sites (tertiary alicyclic amines) is 1. The summed E-state index contributed by atoms with van der Waals surface area (Å²) >= 11 is 0. The number of piperidine rings is 1. The van der Waals surface area contributed by atoms with Crippen LogP contribution in [0.15, 0.2) is 0 Å². The molecule has 0 aliphatic carbocycles. The maximum atomic E-state index is 3.48. The minimum absolute atomic E-state index is 0.673. The van der Waals surface area contributed by atoms with Crippen LogP contribution in [0.3, 0.4) is 0 Å². The molecule has 0 aromatic carbocycles. The number of nitrogens with zero attached hydrogens (tertiary/aromatic N) is 2. The molecule has 1 aliphatic rings. The fourth-order valence-corrected chi connectivity index (χ4v) is 2.89. The van der Waals surface area contributed by atoms with Gasteiger partial charge in [-0.25, -0.2) is 0 Å². The molecule has 0 amide bonds. The molecule has 1 atom stereocenters.